The van der Waals surface area contributed by atoms with E-state index in [1.165, 1.54) is 4.80 Å². The van der Waals surface area contributed by atoms with Gasteiger partial charge >= 0.3 is 0 Å². The predicted molar refractivity (Wildman–Crippen MR) is 87.6 cm³/mol. The number of rotatable bonds is 2. The average Bonchev–Trinajstić information content (AvgIpc) is 3.00. The van der Waals surface area contributed by atoms with Crippen LogP contribution in [0.3, 0.4) is 0 Å². The van der Waals surface area contributed by atoms with Crippen LogP contribution in [0.2, 0.25) is 0 Å². The fraction of sp³-hybridized carbons (Fsp3) is 0. The molecule has 0 radical (unpaired) electrons. The molecule has 3 aromatic carbocycles. The third kappa shape index (κ3) is 2.19. The topological polar surface area (TPSA) is 71.2 Å². The Morgan fingerprint density at radius 3 is 2.13 bits per heavy atom. The molecule has 5 heteroatoms. The minimum absolute atomic E-state index is 0.108. The van der Waals surface area contributed by atoms with Gasteiger partial charge in [0.05, 0.1) is 0 Å². The average molecular weight is 303 g/mol. The monoisotopic (exact) mass is 303 g/mol. The maximum atomic E-state index is 10.1. The molecule has 0 aliphatic carbocycles. The summed E-state index contributed by atoms with van der Waals surface area (Å²) in [7, 11) is 0. The maximum absolute atomic E-state index is 10.1. The number of phenolic OH excluding ortho intramolecular Hbond substituents is 2. The van der Waals surface area contributed by atoms with E-state index >= 15 is 0 Å². The summed E-state index contributed by atoms with van der Waals surface area (Å²) in [6, 6.07) is 19.6. The normalized spacial score (nSPS) is 11.0. The highest BCUT2D eigenvalue weighted by Gasteiger charge is 2.13. The summed E-state index contributed by atoms with van der Waals surface area (Å²) in [5, 5.41) is 29.0. The molecule has 0 fully saturated rings. The SMILES string of the molecule is Oc1ccccc1-c1cccc2nn(-c3ccccc3O)nc12. The van der Waals surface area contributed by atoms with Crippen LogP contribution in [0.15, 0.2) is 66.7 Å². The Kier molecular flexibility index (Phi) is 2.98. The fourth-order valence-electron chi connectivity index (χ4n) is 2.60. The van der Waals surface area contributed by atoms with Crippen molar-refractivity contribution in [1.82, 2.24) is 15.0 Å². The molecule has 4 rings (SSSR count). The van der Waals surface area contributed by atoms with E-state index in [2.05, 4.69) is 10.2 Å². The number of aromatic hydroxyl groups is 2. The van der Waals surface area contributed by atoms with Gasteiger partial charge in [-0.25, -0.2) is 0 Å². The number of hydrogen-bond donors (Lipinski definition) is 2. The molecule has 0 aliphatic rings. The molecule has 0 saturated heterocycles. The van der Waals surface area contributed by atoms with Crippen LogP contribution in [0.4, 0.5) is 0 Å². The van der Waals surface area contributed by atoms with E-state index in [9.17, 15) is 10.2 Å². The zero-order valence-corrected chi connectivity index (χ0v) is 12.1. The molecule has 0 atom stereocenters. The summed E-state index contributed by atoms with van der Waals surface area (Å²) >= 11 is 0. The molecule has 0 saturated carbocycles. The molecule has 112 valence electrons. The highest BCUT2D eigenvalue weighted by Crippen LogP contribution is 2.33. The number of hydrogen-bond acceptors (Lipinski definition) is 4. The van der Waals surface area contributed by atoms with Crippen molar-refractivity contribution in [2.24, 2.45) is 0 Å². The zero-order valence-electron chi connectivity index (χ0n) is 12.1. The second-order valence-electron chi connectivity index (χ2n) is 5.17. The van der Waals surface area contributed by atoms with Crippen LogP contribution in [-0.2, 0) is 0 Å². The van der Waals surface area contributed by atoms with Crippen LogP contribution in [0.1, 0.15) is 0 Å². The zero-order chi connectivity index (χ0) is 15.8. The van der Waals surface area contributed by atoms with Crippen molar-refractivity contribution in [3.05, 3.63) is 66.7 Å². The predicted octanol–water partition coefficient (Wildman–Crippen LogP) is 3.50. The van der Waals surface area contributed by atoms with Crippen molar-refractivity contribution in [2.75, 3.05) is 0 Å². The number of benzene rings is 3. The first-order valence-electron chi connectivity index (χ1n) is 7.17. The lowest BCUT2D eigenvalue weighted by molar-refractivity contribution is 0.467. The Morgan fingerprint density at radius 2 is 1.35 bits per heavy atom. The van der Waals surface area contributed by atoms with E-state index in [4.69, 9.17) is 0 Å². The molecular formula is C18H13N3O2. The summed E-state index contributed by atoms with van der Waals surface area (Å²) < 4.78 is 0. The van der Waals surface area contributed by atoms with Crippen molar-refractivity contribution in [3.63, 3.8) is 0 Å². The summed E-state index contributed by atoms with van der Waals surface area (Å²) in [6.07, 6.45) is 0. The lowest BCUT2D eigenvalue weighted by Crippen LogP contribution is -1.98. The quantitative estimate of drug-likeness (QED) is 0.594. The van der Waals surface area contributed by atoms with Crippen LogP contribution in [0.5, 0.6) is 11.5 Å². The number of fused-ring (bicyclic) bond motifs is 1. The van der Waals surface area contributed by atoms with Gasteiger partial charge in [0.25, 0.3) is 0 Å². The fourth-order valence-corrected chi connectivity index (χ4v) is 2.60. The number of para-hydroxylation sites is 3. The van der Waals surface area contributed by atoms with Crippen LogP contribution in [0.25, 0.3) is 27.8 Å². The summed E-state index contributed by atoms with van der Waals surface area (Å²) in [5.41, 5.74) is 3.35. The van der Waals surface area contributed by atoms with Crippen LogP contribution < -0.4 is 0 Å². The van der Waals surface area contributed by atoms with E-state index in [1.54, 1.807) is 30.3 Å². The van der Waals surface area contributed by atoms with Gasteiger partial charge in [0, 0.05) is 11.1 Å². The van der Waals surface area contributed by atoms with E-state index in [0.29, 0.717) is 22.3 Å². The molecular weight excluding hydrogens is 290 g/mol. The lowest BCUT2D eigenvalue weighted by Gasteiger charge is -2.04. The molecule has 1 heterocycles. The molecule has 0 aliphatic heterocycles. The Balaban J connectivity index is 1.96. The molecule has 0 unspecified atom stereocenters. The van der Waals surface area contributed by atoms with Gasteiger partial charge in [-0.2, -0.15) is 0 Å². The molecule has 0 bridgehead atoms. The maximum Gasteiger partial charge on any atom is 0.143 e. The minimum Gasteiger partial charge on any atom is -0.507 e. The van der Waals surface area contributed by atoms with Gasteiger partial charge in [0.1, 0.15) is 28.2 Å². The third-order valence-electron chi connectivity index (χ3n) is 3.70. The standard InChI is InChI=1S/C18H13N3O2/c22-16-10-3-1-6-12(16)13-7-5-8-14-18(13)20-21(19-14)15-9-2-4-11-17(15)23/h1-11,22-23H. The summed E-state index contributed by atoms with van der Waals surface area (Å²) in [4.78, 5) is 1.41. The van der Waals surface area contributed by atoms with Crippen molar-refractivity contribution in [3.8, 4) is 28.3 Å². The van der Waals surface area contributed by atoms with Gasteiger partial charge < -0.3 is 10.2 Å². The first kappa shape index (κ1) is 13.3. The van der Waals surface area contributed by atoms with Crippen molar-refractivity contribution in [2.45, 2.75) is 0 Å². The van der Waals surface area contributed by atoms with Crippen molar-refractivity contribution >= 4 is 11.0 Å². The Hall–Kier alpha value is -3.34. The number of aromatic nitrogens is 3. The number of nitrogens with zero attached hydrogens (tertiary/aromatic N) is 3. The van der Waals surface area contributed by atoms with Gasteiger partial charge in [-0.05, 0) is 24.3 Å². The molecule has 5 nitrogen and oxygen atoms in total. The van der Waals surface area contributed by atoms with Crippen molar-refractivity contribution in [1.29, 1.82) is 0 Å². The first-order valence-corrected chi connectivity index (χ1v) is 7.17. The lowest BCUT2D eigenvalue weighted by atomic mass is 10.0. The van der Waals surface area contributed by atoms with Crippen LogP contribution in [-0.4, -0.2) is 25.2 Å². The molecule has 2 N–H and O–H groups in total. The van der Waals surface area contributed by atoms with Crippen LogP contribution >= 0.6 is 0 Å². The number of phenols is 2. The highest BCUT2D eigenvalue weighted by molar-refractivity contribution is 5.93. The third-order valence-corrected chi connectivity index (χ3v) is 3.70. The summed E-state index contributed by atoms with van der Waals surface area (Å²) in [5.74, 6) is 0.300. The highest BCUT2D eigenvalue weighted by atomic mass is 16.3. The van der Waals surface area contributed by atoms with E-state index in [0.717, 1.165) is 5.56 Å². The molecule has 0 amide bonds. The van der Waals surface area contributed by atoms with E-state index in [1.807, 2.05) is 36.4 Å². The molecule has 1 aromatic heterocycles. The Bertz CT molecular complexity index is 1010. The largest absolute Gasteiger partial charge is 0.507 e. The smallest absolute Gasteiger partial charge is 0.143 e. The van der Waals surface area contributed by atoms with Gasteiger partial charge in [0.2, 0.25) is 0 Å². The Morgan fingerprint density at radius 1 is 0.652 bits per heavy atom. The van der Waals surface area contributed by atoms with Gasteiger partial charge in [-0.1, -0.05) is 42.5 Å². The molecule has 23 heavy (non-hydrogen) atoms. The Labute approximate surface area is 132 Å². The van der Waals surface area contributed by atoms with Crippen LogP contribution in [0, 0.1) is 0 Å². The molecule has 4 aromatic rings. The van der Waals surface area contributed by atoms with Gasteiger partial charge in [-0.3, -0.25) is 0 Å². The van der Waals surface area contributed by atoms with Gasteiger partial charge in [0.15, 0.2) is 0 Å². The summed E-state index contributed by atoms with van der Waals surface area (Å²) in [6.45, 7) is 0. The second kappa shape index (κ2) is 5.14. The first-order chi connectivity index (χ1) is 11.2. The van der Waals surface area contributed by atoms with E-state index in [-0.39, 0.29) is 11.5 Å². The second-order valence-corrected chi connectivity index (χ2v) is 5.17. The molecule has 0 spiro atoms. The van der Waals surface area contributed by atoms with Gasteiger partial charge in [-0.15, -0.1) is 15.0 Å². The van der Waals surface area contributed by atoms with E-state index < -0.39 is 0 Å². The van der Waals surface area contributed by atoms with Crippen molar-refractivity contribution < 1.29 is 10.2 Å². The minimum atomic E-state index is 0.108.